The minimum atomic E-state index is -0.970. The summed E-state index contributed by atoms with van der Waals surface area (Å²) < 4.78 is 0. The number of aliphatic hydroxyl groups is 1. The molecule has 0 radical (unpaired) electrons. The highest BCUT2D eigenvalue weighted by atomic mass is 32.1. The Bertz CT molecular complexity index is 609. The molecule has 1 unspecified atom stereocenters. The molecule has 5 nitrogen and oxygen atoms in total. The largest absolute Gasteiger partial charge is 0.383 e. The van der Waals surface area contributed by atoms with Crippen molar-refractivity contribution in [2.45, 2.75) is 19.4 Å². The van der Waals surface area contributed by atoms with E-state index in [1.807, 2.05) is 17.5 Å². The Morgan fingerprint density at radius 2 is 2.20 bits per heavy atom. The van der Waals surface area contributed by atoms with Crippen LogP contribution in [0.25, 0.3) is 0 Å². The van der Waals surface area contributed by atoms with Crippen molar-refractivity contribution in [3.63, 3.8) is 0 Å². The highest BCUT2D eigenvalue weighted by Gasteiger charge is 2.24. The molecule has 0 bridgehead atoms. The number of aryl methyl sites for hydroxylation is 1. The third kappa shape index (κ3) is 3.15. The molecular formula is C14H16N2O3S. The number of rotatable bonds is 5. The van der Waals surface area contributed by atoms with Crippen LogP contribution >= 0.6 is 11.3 Å². The summed E-state index contributed by atoms with van der Waals surface area (Å²) in [6.45, 7) is 3.88. The van der Waals surface area contributed by atoms with Gasteiger partial charge in [-0.1, -0.05) is 6.07 Å². The van der Waals surface area contributed by atoms with Gasteiger partial charge in [-0.2, -0.15) is 0 Å². The summed E-state index contributed by atoms with van der Waals surface area (Å²) in [5, 5.41) is 26.2. The van der Waals surface area contributed by atoms with Gasteiger partial charge in [-0.25, -0.2) is 0 Å². The molecule has 20 heavy (non-hydrogen) atoms. The lowest BCUT2D eigenvalue weighted by Gasteiger charge is -2.23. The highest BCUT2D eigenvalue weighted by Crippen LogP contribution is 2.27. The number of nitro benzene ring substituents is 1. The van der Waals surface area contributed by atoms with E-state index in [0.717, 1.165) is 16.1 Å². The van der Waals surface area contributed by atoms with Crippen molar-refractivity contribution in [2.75, 3.05) is 11.9 Å². The zero-order chi connectivity index (χ0) is 14.8. The van der Waals surface area contributed by atoms with E-state index in [-0.39, 0.29) is 5.69 Å². The van der Waals surface area contributed by atoms with E-state index in [0.29, 0.717) is 6.54 Å². The van der Waals surface area contributed by atoms with Crippen LogP contribution in [-0.4, -0.2) is 16.6 Å². The monoisotopic (exact) mass is 292 g/mol. The topological polar surface area (TPSA) is 75.4 Å². The molecule has 6 heteroatoms. The Morgan fingerprint density at radius 3 is 2.75 bits per heavy atom. The second kappa shape index (κ2) is 5.60. The first-order valence-corrected chi connectivity index (χ1v) is 7.03. The lowest BCUT2D eigenvalue weighted by molar-refractivity contribution is -0.384. The molecule has 1 heterocycles. The fraction of sp³-hybridized carbons (Fsp3) is 0.286. The lowest BCUT2D eigenvalue weighted by atomic mass is 10.0. The first-order valence-electron chi connectivity index (χ1n) is 6.15. The van der Waals surface area contributed by atoms with E-state index < -0.39 is 10.5 Å². The molecule has 106 valence electrons. The Morgan fingerprint density at radius 1 is 1.45 bits per heavy atom. The van der Waals surface area contributed by atoms with E-state index in [1.54, 1.807) is 19.9 Å². The van der Waals surface area contributed by atoms with Gasteiger partial charge in [0.05, 0.1) is 4.92 Å². The molecule has 0 fully saturated rings. The van der Waals surface area contributed by atoms with Crippen molar-refractivity contribution in [2.24, 2.45) is 0 Å². The van der Waals surface area contributed by atoms with Gasteiger partial charge in [-0.05, 0) is 36.9 Å². The number of non-ortho nitro benzene ring substituents is 1. The maximum Gasteiger partial charge on any atom is 0.269 e. The second-order valence-electron chi connectivity index (χ2n) is 4.86. The van der Waals surface area contributed by atoms with Gasteiger partial charge in [-0.15, -0.1) is 11.3 Å². The summed E-state index contributed by atoms with van der Waals surface area (Å²) >= 11 is 1.50. The van der Waals surface area contributed by atoms with Crippen molar-refractivity contribution in [3.05, 3.63) is 56.3 Å². The molecule has 0 aliphatic carbocycles. The van der Waals surface area contributed by atoms with Crippen LogP contribution in [0, 0.1) is 17.0 Å². The lowest BCUT2D eigenvalue weighted by Crippen LogP contribution is -2.29. The maximum atomic E-state index is 10.7. The van der Waals surface area contributed by atoms with Crippen LogP contribution in [0.15, 0.2) is 35.7 Å². The summed E-state index contributed by atoms with van der Waals surface area (Å²) in [6, 6.07) is 8.41. The third-order valence-corrected chi connectivity index (χ3v) is 4.22. The molecule has 2 aromatic rings. The normalized spacial score (nSPS) is 13.8. The average Bonchev–Trinajstić information content (AvgIpc) is 2.91. The second-order valence-corrected chi connectivity index (χ2v) is 5.81. The molecule has 1 aromatic carbocycles. The highest BCUT2D eigenvalue weighted by molar-refractivity contribution is 7.10. The Kier molecular flexibility index (Phi) is 4.06. The van der Waals surface area contributed by atoms with Gasteiger partial charge < -0.3 is 10.4 Å². The van der Waals surface area contributed by atoms with Crippen LogP contribution in [0.4, 0.5) is 11.4 Å². The fourth-order valence-electron chi connectivity index (χ4n) is 1.90. The average molecular weight is 292 g/mol. The van der Waals surface area contributed by atoms with Gasteiger partial charge >= 0.3 is 0 Å². The Labute approximate surface area is 121 Å². The molecule has 1 atom stereocenters. The molecule has 2 N–H and O–H groups in total. The predicted octanol–water partition coefficient (Wildman–Crippen LogP) is 3.28. The number of nitro groups is 1. The minimum Gasteiger partial charge on any atom is -0.383 e. The SMILES string of the molecule is Cc1cc([N+](=O)[O-])ccc1NCC(C)(O)c1cccs1. The smallest absolute Gasteiger partial charge is 0.269 e. The molecule has 0 saturated carbocycles. The predicted molar refractivity (Wildman–Crippen MR) is 80.2 cm³/mol. The summed E-state index contributed by atoms with van der Waals surface area (Å²) in [6.07, 6.45) is 0. The van der Waals surface area contributed by atoms with E-state index in [2.05, 4.69) is 5.32 Å². The number of hydrogen-bond donors (Lipinski definition) is 2. The van der Waals surface area contributed by atoms with Gasteiger partial charge in [0.1, 0.15) is 5.60 Å². The number of benzene rings is 1. The van der Waals surface area contributed by atoms with Crippen molar-refractivity contribution < 1.29 is 10.0 Å². The number of hydrogen-bond acceptors (Lipinski definition) is 5. The van der Waals surface area contributed by atoms with Crippen molar-refractivity contribution in [1.82, 2.24) is 0 Å². The number of nitrogens with zero attached hydrogens (tertiary/aromatic N) is 1. The summed E-state index contributed by atoms with van der Waals surface area (Å²) in [5.41, 5.74) is 0.661. The van der Waals surface area contributed by atoms with Crippen molar-refractivity contribution >= 4 is 22.7 Å². The molecule has 1 aromatic heterocycles. The van der Waals surface area contributed by atoms with Crippen LogP contribution in [0.1, 0.15) is 17.4 Å². The van der Waals surface area contributed by atoms with E-state index >= 15 is 0 Å². The standard InChI is InChI=1S/C14H16N2O3S/c1-10-8-11(16(18)19)5-6-12(10)15-9-14(2,17)13-4-3-7-20-13/h3-8,15,17H,9H2,1-2H3. The van der Waals surface area contributed by atoms with Crippen LogP contribution in [-0.2, 0) is 5.60 Å². The number of anilines is 1. The van der Waals surface area contributed by atoms with Gasteiger partial charge in [0, 0.05) is 29.2 Å². The van der Waals surface area contributed by atoms with Gasteiger partial charge in [0.15, 0.2) is 0 Å². The molecule has 0 amide bonds. The van der Waals surface area contributed by atoms with Crippen molar-refractivity contribution in [1.29, 1.82) is 0 Å². The van der Waals surface area contributed by atoms with Gasteiger partial charge in [0.25, 0.3) is 5.69 Å². The fourth-order valence-corrected chi connectivity index (χ4v) is 2.69. The molecular weight excluding hydrogens is 276 g/mol. The van der Waals surface area contributed by atoms with Crippen molar-refractivity contribution in [3.8, 4) is 0 Å². The van der Waals surface area contributed by atoms with Gasteiger partial charge in [-0.3, -0.25) is 10.1 Å². The molecule has 0 aliphatic rings. The van der Waals surface area contributed by atoms with E-state index in [4.69, 9.17) is 0 Å². The third-order valence-electron chi connectivity index (χ3n) is 3.10. The zero-order valence-corrected chi connectivity index (χ0v) is 12.1. The maximum absolute atomic E-state index is 10.7. The quantitative estimate of drug-likeness (QED) is 0.655. The van der Waals surface area contributed by atoms with E-state index in [9.17, 15) is 15.2 Å². The van der Waals surface area contributed by atoms with Gasteiger partial charge in [0.2, 0.25) is 0 Å². The summed E-state index contributed by atoms with van der Waals surface area (Å²) in [4.78, 5) is 11.1. The number of nitrogens with one attached hydrogen (secondary N) is 1. The first-order chi connectivity index (χ1) is 9.40. The molecule has 0 spiro atoms. The number of thiophene rings is 1. The summed E-state index contributed by atoms with van der Waals surface area (Å²) in [5.74, 6) is 0. The first kappa shape index (κ1) is 14.5. The molecule has 2 rings (SSSR count). The van der Waals surface area contributed by atoms with Crippen LogP contribution < -0.4 is 5.32 Å². The molecule has 0 saturated heterocycles. The zero-order valence-electron chi connectivity index (χ0n) is 11.3. The van der Waals surface area contributed by atoms with Crippen LogP contribution in [0.2, 0.25) is 0 Å². The Hall–Kier alpha value is -1.92. The Balaban J connectivity index is 2.10. The van der Waals surface area contributed by atoms with Crippen LogP contribution in [0.3, 0.4) is 0 Å². The van der Waals surface area contributed by atoms with Crippen LogP contribution in [0.5, 0.6) is 0 Å². The minimum absolute atomic E-state index is 0.0677. The summed E-state index contributed by atoms with van der Waals surface area (Å²) in [7, 11) is 0. The molecule has 0 aliphatic heterocycles. The van der Waals surface area contributed by atoms with E-state index in [1.165, 1.54) is 23.5 Å².